The summed E-state index contributed by atoms with van der Waals surface area (Å²) in [6, 6.07) is 4.77. The molecule has 1 saturated heterocycles. The summed E-state index contributed by atoms with van der Waals surface area (Å²) in [5.74, 6) is -0.305. The van der Waals surface area contributed by atoms with E-state index < -0.39 is 4.92 Å². The average molecular weight is 406 g/mol. The zero-order chi connectivity index (χ0) is 15.4. The Kier molecular flexibility index (Phi) is 5.34. The van der Waals surface area contributed by atoms with Crippen LogP contribution in [0.15, 0.2) is 18.2 Å². The Morgan fingerprint density at radius 2 is 2.38 bits per heavy atom. The van der Waals surface area contributed by atoms with Crippen LogP contribution < -0.4 is 4.90 Å². The predicted octanol–water partition coefficient (Wildman–Crippen LogP) is 1.97. The van der Waals surface area contributed by atoms with Gasteiger partial charge in [-0.15, -0.1) is 0 Å². The number of halogens is 1. The van der Waals surface area contributed by atoms with Gasteiger partial charge in [0.05, 0.1) is 36.9 Å². The Bertz CT molecular complexity index is 551. The Labute approximate surface area is 135 Å². The molecule has 0 N–H and O–H groups in total. The second kappa shape index (κ2) is 7.03. The predicted molar refractivity (Wildman–Crippen MR) is 84.4 cm³/mol. The second-order valence-corrected chi connectivity index (χ2v) is 5.77. The summed E-state index contributed by atoms with van der Waals surface area (Å²) in [6.45, 7) is 1.75. The summed E-state index contributed by atoms with van der Waals surface area (Å²) in [5.41, 5.74) is 0.988. The SMILES string of the molecule is COC(=O)CC1CN(c2ccc([N+](=O)[O-])cc2I)CCO1. The monoisotopic (exact) mass is 406 g/mol. The standard InChI is InChI=1S/C13H15IN2O5/c1-20-13(17)7-10-8-15(4-5-21-10)12-3-2-9(16(18)19)6-11(12)14/h2-3,6,10H,4-5,7-8H2,1H3. The van der Waals surface area contributed by atoms with Crippen molar-refractivity contribution < 1.29 is 19.2 Å². The first-order chi connectivity index (χ1) is 10.0. The topological polar surface area (TPSA) is 81.9 Å². The van der Waals surface area contributed by atoms with E-state index in [1.807, 2.05) is 0 Å². The van der Waals surface area contributed by atoms with E-state index in [0.29, 0.717) is 19.7 Å². The van der Waals surface area contributed by atoms with Crippen LogP contribution in [0.25, 0.3) is 0 Å². The molecule has 1 heterocycles. The Morgan fingerprint density at radius 3 is 3.00 bits per heavy atom. The van der Waals surface area contributed by atoms with E-state index in [0.717, 1.165) is 9.26 Å². The molecule has 1 aromatic carbocycles. The third-order valence-electron chi connectivity index (χ3n) is 3.24. The van der Waals surface area contributed by atoms with Gasteiger partial charge in [-0.3, -0.25) is 14.9 Å². The molecular weight excluding hydrogens is 391 g/mol. The van der Waals surface area contributed by atoms with Crippen LogP contribution in [0, 0.1) is 13.7 Å². The first kappa shape index (κ1) is 16.0. The van der Waals surface area contributed by atoms with Crippen molar-refractivity contribution in [3.63, 3.8) is 0 Å². The van der Waals surface area contributed by atoms with Crippen LogP contribution in [0.4, 0.5) is 11.4 Å². The molecule has 114 valence electrons. The number of ether oxygens (including phenoxy) is 2. The van der Waals surface area contributed by atoms with Gasteiger partial charge in [0, 0.05) is 28.8 Å². The highest BCUT2D eigenvalue weighted by Gasteiger charge is 2.25. The van der Waals surface area contributed by atoms with Crippen molar-refractivity contribution in [2.75, 3.05) is 31.7 Å². The maximum absolute atomic E-state index is 11.3. The Morgan fingerprint density at radius 1 is 1.62 bits per heavy atom. The van der Waals surface area contributed by atoms with Crippen LogP contribution in [-0.2, 0) is 14.3 Å². The normalized spacial score (nSPS) is 18.4. The molecule has 8 heteroatoms. The van der Waals surface area contributed by atoms with Crippen molar-refractivity contribution in [3.05, 3.63) is 31.9 Å². The lowest BCUT2D eigenvalue weighted by Gasteiger charge is -2.34. The molecular formula is C13H15IN2O5. The molecule has 1 aromatic rings. The lowest BCUT2D eigenvalue weighted by molar-refractivity contribution is -0.384. The summed E-state index contributed by atoms with van der Waals surface area (Å²) in [4.78, 5) is 23.7. The number of carbonyl (C=O) groups is 1. The van der Waals surface area contributed by atoms with Crippen LogP contribution in [0.3, 0.4) is 0 Å². The first-order valence-electron chi connectivity index (χ1n) is 6.38. The quantitative estimate of drug-likeness (QED) is 0.329. The fourth-order valence-corrected chi connectivity index (χ4v) is 3.04. The molecule has 0 aromatic heterocycles. The summed E-state index contributed by atoms with van der Waals surface area (Å²) < 4.78 is 11.0. The summed E-state index contributed by atoms with van der Waals surface area (Å²) in [5, 5.41) is 10.8. The minimum atomic E-state index is -0.411. The van der Waals surface area contributed by atoms with Gasteiger partial charge >= 0.3 is 5.97 Å². The molecule has 0 radical (unpaired) electrons. The van der Waals surface area contributed by atoms with E-state index in [9.17, 15) is 14.9 Å². The third kappa shape index (κ3) is 4.03. The minimum absolute atomic E-state index is 0.0718. The molecule has 21 heavy (non-hydrogen) atoms. The van der Waals surface area contributed by atoms with Gasteiger partial charge in [-0.1, -0.05) is 0 Å². The zero-order valence-electron chi connectivity index (χ0n) is 11.5. The van der Waals surface area contributed by atoms with Gasteiger partial charge in [0.25, 0.3) is 5.69 Å². The lowest BCUT2D eigenvalue weighted by Crippen LogP contribution is -2.43. The number of rotatable bonds is 4. The number of anilines is 1. The number of nitro groups is 1. The molecule has 2 rings (SSSR count). The van der Waals surface area contributed by atoms with E-state index in [2.05, 4.69) is 32.2 Å². The number of hydrogen-bond acceptors (Lipinski definition) is 6. The maximum atomic E-state index is 11.3. The van der Waals surface area contributed by atoms with Crippen molar-refractivity contribution >= 4 is 39.9 Å². The molecule has 0 saturated carbocycles. The molecule has 0 spiro atoms. The van der Waals surface area contributed by atoms with Crippen molar-refractivity contribution in [3.8, 4) is 0 Å². The number of nitro benzene ring substituents is 1. The zero-order valence-corrected chi connectivity index (χ0v) is 13.6. The number of morpholine rings is 1. The van der Waals surface area contributed by atoms with E-state index in [1.54, 1.807) is 12.1 Å². The summed E-state index contributed by atoms with van der Waals surface area (Å²) in [6.07, 6.45) is -0.0199. The highest BCUT2D eigenvalue weighted by molar-refractivity contribution is 14.1. The molecule has 0 amide bonds. The van der Waals surface area contributed by atoms with E-state index >= 15 is 0 Å². The van der Waals surface area contributed by atoms with Gasteiger partial charge in [0.15, 0.2) is 0 Å². The maximum Gasteiger partial charge on any atom is 0.308 e. The lowest BCUT2D eigenvalue weighted by atomic mass is 10.2. The van der Waals surface area contributed by atoms with Gasteiger partial charge in [0.2, 0.25) is 0 Å². The van der Waals surface area contributed by atoms with Crippen LogP contribution in [0.1, 0.15) is 6.42 Å². The van der Waals surface area contributed by atoms with E-state index in [1.165, 1.54) is 13.2 Å². The van der Waals surface area contributed by atoms with Gasteiger partial charge in [-0.05, 0) is 28.7 Å². The number of non-ortho nitro benzene ring substituents is 1. The third-order valence-corrected chi connectivity index (χ3v) is 4.11. The van der Waals surface area contributed by atoms with Crippen LogP contribution >= 0.6 is 22.6 Å². The van der Waals surface area contributed by atoms with Crippen molar-refractivity contribution in [1.82, 2.24) is 0 Å². The van der Waals surface area contributed by atoms with Gasteiger partial charge in [-0.2, -0.15) is 0 Å². The molecule has 1 aliphatic heterocycles. The van der Waals surface area contributed by atoms with E-state index in [4.69, 9.17) is 4.74 Å². The number of carbonyl (C=O) groups excluding carboxylic acids is 1. The summed E-state index contributed by atoms with van der Waals surface area (Å²) >= 11 is 2.08. The van der Waals surface area contributed by atoms with Gasteiger partial charge < -0.3 is 14.4 Å². The van der Waals surface area contributed by atoms with Crippen molar-refractivity contribution in [2.45, 2.75) is 12.5 Å². The molecule has 1 fully saturated rings. The molecule has 0 aliphatic carbocycles. The highest BCUT2D eigenvalue weighted by atomic mass is 127. The average Bonchev–Trinajstić information content (AvgIpc) is 2.47. The smallest absolute Gasteiger partial charge is 0.308 e. The van der Waals surface area contributed by atoms with Crippen LogP contribution in [0.5, 0.6) is 0 Å². The molecule has 7 nitrogen and oxygen atoms in total. The fraction of sp³-hybridized carbons (Fsp3) is 0.462. The minimum Gasteiger partial charge on any atom is -0.469 e. The van der Waals surface area contributed by atoms with Crippen LogP contribution in [-0.4, -0.2) is 43.8 Å². The number of benzene rings is 1. The number of esters is 1. The number of nitrogens with zero attached hydrogens (tertiary/aromatic N) is 2. The van der Waals surface area contributed by atoms with Crippen LogP contribution in [0.2, 0.25) is 0 Å². The van der Waals surface area contributed by atoms with Crippen molar-refractivity contribution in [2.24, 2.45) is 0 Å². The molecule has 0 bridgehead atoms. The fourth-order valence-electron chi connectivity index (χ4n) is 2.20. The second-order valence-electron chi connectivity index (χ2n) is 4.61. The van der Waals surface area contributed by atoms with Gasteiger partial charge in [0.1, 0.15) is 0 Å². The first-order valence-corrected chi connectivity index (χ1v) is 7.46. The summed E-state index contributed by atoms with van der Waals surface area (Å²) in [7, 11) is 1.35. The molecule has 1 atom stereocenters. The van der Waals surface area contributed by atoms with Crippen molar-refractivity contribution in [1.29, 1.82) is 0 Å². The Balaban J connectivity index is 2.10. The molecule has 1 aliphatic rings. The van der Waals surface area contributed by atoms with Gasteiger partial charge in [-0.25, -0.2) is 0 Å². The van der Waals surface area contributed by atoms with E-state index in [-0.39, 0.29) is 24.2 Å². The Hall–Kier alpha value is -1.42. The number of methoxy groups -OCH3 is 1. The highest BCUT2D eigenvalue weighted by Crippen LogP contribution is 2.28. The largest absolute Gasteiger partial charge is 0.469 e. The number of hydrogen-bond donors (Lipinski definition) is 0. The molecule has 1 unspecified atom stereocenters.